The van der Waals surface area contributed by atoms with Gasteiger partial charge in [-0.3, -0.25) is 0 Å². The van der Waals surface area contributed by atoms with E-state index in [-0.39, 0.29) is 21.4 Å². The van der Waals surface area contributed by atoms with Gasteiger partial charge in [0.2, 0.25) is 0 Å². The first kappa shape index (κ1) is 8.80. The molecule has 0 fully saturated rings. The van der Waals surface area contributed by atoms with Gasteiger partial charge in [0, 0.05) is 0 Å². The molecular weight excluding hydrogens is 197 g/mol. The Balaban J connectivity index is 3.44. The maximum absolute atomic E-state index is 8.52. The standard InChI is InChI=1S/C7HCl2N3/c8-5-1-4(2-10)6(3-11)12-7(5)9/h1H. The maximum atomic E-state index is 8.52. The summed E-state index contributed by atoms with van der Waals surface area (Å²) >= 11 is 11.1. The molecule has 0 spiro atoms. The Kier molecular flexibility index (Phi) is 2.50. The lowest BCUT2D eigenvalue weighted by molar-refractivity contribution is 1.24. The van der Waals surface area contributed by atoms with E-state index in [2.05, 4.69) is 4.98 Å². The quantitative estimate of drug-likeness (QED) is 0.599. The van der Waals surface area contributed by atoms with E-state index in [4.69, 9.17) is 33.7 Å². The molecule has 0 saturated carbocycles. The van der Waals surface area contributed by atoms with Gasteiger partial charge in [-0.05, 0) is 6.07 Å². The zero-order valence-electron chi connectivity index (χ0n) is 5.67. The van der Waals surface area contributed by atoms with Crippen molar-refractivity contribution < 1.29 is 0 Å². The van der Waals surface area contributed by atoms with Crippen LogP contribution >= 0.6 is 23.2 Å². The van der Waals surface area contributed by atoms with Gasteiger partial charge in [-0.2, -0.15) is 10.5 Å². The molecule has 1 heterocycles. The van der Waals surface area contributed by atoms with Gasteiger partial charge in [0.25, 0.3) is 0 Å². The van der Waals surface area contributed by atoms with E-state index in [1.54, 1.807) is 12.1 Å². The number of rotatable bonds is 0. The molecule has 1 rings (SSSR count). The van der Waals surface area contributed by atoms with Gasteiger partial charge in [0.1, 0.15) is 17.3 Å². The van der Waals surface area contributed by atoms with Crippen molar-refractivity contribution in [3.8, 4) is 12.1 Å². The predicted octanol–water partition coefficient (Wildman–Crippen LogP) is 2.13. The van der Waals surface area contributed by atoms with Crippen molar-refractivity contribution >= 4 is 23.2 Å². The van der Waals surface area contributed by atoms with Crippen molar-refractivity contribution in [2.75, 3.05) is 0 Å². The monoisotopic (exact) mass is 197 g/mol. The van der Waals surface area contributed by atoms with Crippen molar-refractivity contribution in [2.24, 2.45) is 0 Å². The number of pyridine rings is 1. The summed E-state index contributed by atoms with van der Waals surface area (Å²) in [5, 5.41) is 17.2. The van der Waals surface area contributed by atoms with Crippen LogP contribution in [0.3, 0.4) is 0 Å². The molecule has 0 unspecified atom stereocenters. The molecule has 0 aliphatic carbocycles. The summed E-state index contributed by atoms with van der Waals surface area (Å²) in [5.74, 6) is 0. The average Bonchev–Trinajstić information content (AvgIpc) is 2.09. The summed E-state index contributed by atoms with van der Waals surface area (Å²) < 4.78 is 0. The molecule has 5 heteroatoms. The summed E-state index contributed by atoms with van der Waals surface area (Å²) in [7, 11) is 0. The van der Waals surface area contributed by atoms with Crippen LogP contribution in [0.1, 0.15) is 11.3 Å². The van der Waals surface area contributed by atoms with Gasteiger partial charge in [-0.25, -0.2) is 4.98 Å². The molecule has 0 N–H and O–H groups in total. The second kappa shape index (κ2) is 3.40. The molecule has 0 aliphatic heterocycles. The topological polar surface area (TPSA) is 60.5 Å². The van der Waals surface area contributed by atoms with Crippen molar-refractivity contribution in [1.29, 1.82) is 10.5 Å². The third-order valence-electron chi connectivity index (χ3n) is 1.16. The molecular formula is C7HCl2N3. The van der Waals surface area contributed by atoms with E-state index in [1.807, 2.05) is 0 Å². The second-order valence-corrected chi connectivity index (χ2v) is 2.65. The lowest BCUT2D eigenvalue weighted by Gasteiger charge is -1.96. The van der Waals surface area contributed by atoms with Crippen LogP contribution in [-0.4, -0.2) is 4.98 Å². The van der Waals surface area contributed by atoms with Gasteiger partial charge in [0.05, 0.1) is 10.6 Å². The SMILES string of the molecule is N#Cc1cc(Cl)c(Cl)nc1C#N. The molecule has 0 aromatic carbocycles. The van der Waals surface area contributed by atoms with Crippen molar-refractivity contribution in [2.45, 2.75) is 0 Å². The van der Waals surface area contributed by atoms with Gasteiger partial charge < -0.3 is 0 Å². The lowest BCUT2D eigenvalue weighted by Crippen LogP contribution is -1.89. The molecule has 0 saturated heterocycles. The number of hydrogen-bond acceptors (Lipinski definition) is 3. The summed E-state index contributed by atoms with van der Waals surface area (Å²) in [6.07, 6.45) is 0. The first-order chi connectivity index (χ1) is 5.69. The fourth-order valence-corrected chi connectivity index (χ4v) is 0.927. The largest absolute Gasteiger partial charge is 0.222 e. The third-order valence-corrected chi connectivity index (χ3v) is 1.83. The molecule has 1 aromatic rings. The zero-order chi connectivity index (χ0) is 9.14. The molecule has 12 heavy (non-hydrogen) atoms. The van der Waals surface area contributed by atoms with Crippen molar-refractivity contribution in [3.63, 3.8) is 0 Å². The Labute approximate surface area is 78.8 Å². The van der Waals surface area contributed by atoms with Crippen LogP contribution in [-0.2, 0) is 0 Å². The number of aromatic nitrogens is 1. The Hall–Kier alpha value is -1.29. The van der Waals surface area contributed by atoms with E-state index in [0.29, 0.717) is 0 Å². The highest BCUT2D eigenvalue weighted by molar-refractivity contribution is 6.41. The van der Waals surface area contributed by atoms with Crippen LogP contribution in [0.25, 0.3) is 0 Å². The Bertz CT molecular complexity index is 361. The molecule has 3 nitrogen and oxygen atoms in total. The fraction of sp³-hybridized carbons (Fsp3) is 0. The van der Waals surface area contributed by atoms with Gasteiger partial charge in [0.15, 0.2) is 5.69 Å². The molecule has 0 amide bonds. The Morgan fingerprint density at radius 1 is 1.25 bits per heavy atom. The normalized spacial score (nSPS) is 8.67. The highest BCUT2D eigenvalue weighted by Crippen LogP contribution is 2.21. The molecule has 0 bridgehead atoms. The van der Waals surface area contributed by atoms with E-state index >= 15 is 0 Å². The van der Waals surface area contributed by atoms with Crippen molar-refractivity contribution in [3.05, 3.63) is 27.5 Å². The van der Waals surface area contributed by atoms with Crippen molar-refractivity contribution in [1.82, 2.24) is 4.98 Å². The maximum Gasteiger partial charge on any atom is 0.160 e. The highest BCUT2D eigenvalue weighted by Gasteiger charge is 2.07. The molecule has 0 aliphatic rings. The Morgan fingerprint density at radius 2 is 1.92 bits per heavy atom. The van der Waals surface area contributed by atoms with E-state index < -0.39 is 0 Å². The van der Waals surface area contributed by atoms with Crippen LogP contribution in [0.5, 0.6) is 0 Å². The molecule has 0 atom stereocenters. The van der Waals surface area contributed by atoms with E-state index in [9.17, 15) is 0 Å². The number of hydrogen-bond donors (Lipinski definition) is 0. The molecule has 1 aromatic heterocycles. The highest BCUT2D eigenvalue weighted by atomic mass is 35.5. The molecule has 58 valence electrons. The van der Waals surface area contributed by atoms with E-state index in [0.717, 1.165) is 0 Å². The average molecular weight is 198 g/mol. The Morgan fingerprint density at radius 3 is 2.42 bits per heavy atom. The number of nitrogens with zero attached hydrogens (tertiary/aromatic N) is 3. The minimum absolute atomic E-state index is 0.00750. The minimum atomic E-state index is -0.00750. The van der Waals surface area contributed by atoms with Crippen LogP contribution < -0.4 is 0 Å². The van der Waals surface area contributed by atoms with Crippen LogP contribution in [0, 0.1) is 22.7 Å². The summed E-state index contributed by atoms with van der Waals surface area (Å²) in [6.45, 7) is 0. The number of nitriles is 2. The summed E-state index contributed by atoms with van der Waals surface area (Å²) in [6, 6.07) is 4.84. The predicted molar refractivity (Wildman–Crippen MR) is 43.7 cm³/mol. The zero-order valence-corrected chi connectivity index (χ0v) is 7.19. The third kappa shape index (κ3) is 1.48. The second-order valence-electron chi connectivity index (χ2n) is 1.88. The minimum Gasteiger partial charge on any atom is -0.222 e. The van der Waals surface area contributed by atoms with Gasteiger partial charge >= 0.3 is 0 Å². The van der Waals surface area contributed by atoms with Crippen LogP contribution in [0.4, 0.5) is 0 Å². The lowest BCUT2D eigenvalue weighted by atomic mass is 10.2. The molecule has 0 radical (unpaired) electrons. The van der Waals surface area contributed by atoms with Gasteiger partial charge in [-0.15, -0.1) is 0 Å². The summed E-state index contributed by atoms with van der Waals surface area (Å²) in [4.78, 5) is 3.61. The smallest absolute Gasteiger partial charge is 0.160 e. The first-order valence-corrected chi connectivity index (χ1v) is 3.61. The fourth-order valence-electron chi connectivity index (χ4n) is 0.637. The van der Waals surface area contributed by atoms with Crippen LogP contribution in [0.2, 0.25) is 10.2 Å². The van der Waals surface area contributed by atoms with E-state index in [1.165, 1.54) is 6.07 Å². The van der Waals surface area contributed by atoms with Gasteiger partial charge in [-0.1, -0.05) is 23.2 Å². The summed E-state index contributed by atoms with van der Waals surface area (Å²) in [5.41, 5.74) is 0.124. The van der Waals surface area contributed by atoms with Crippen LogP contribution in [0.15, 0.2) is 6.07 Å². The number of halogens is 2. The first-order valence-electron chi connectivity index (χ1n) is 2.85.